The Labute approximate surface area is 196 Å². The molecule has 3 heterocycles. The van der Waals surface area contributed by atoms with E-state index in [-0.39, 0.29) is 5.56 Å². The van der Waals surface area contributed by atoms with Gasteiger partial charge in [0.05, 0.1) is 12.3 Å². The molecule has 2 aromatic carbocycles. The third kappa shape index (κ3) is 3.25. The molecule has 0 atom stereocenters. The molecule has 0 aliphatic rings. The van der Waals surface area contributed by atoms with E-state index in [1.165, 1.54) is 17.2 Å². The monoisotopic (exact) mass is 457 g/mol. The van der Waals surface area contributed by atoms with Gasteiger partial charge in [0.1, 0.15) is 5.75 Å². The number of hydrogen-bond donors (Lipinski definition) is 0. The van der Waals surface area contributed by atoms with Crippen molar-refractivity contribution in [2.45, 2.75) is 26.7 Å². The lowest BCUT2D eigenvalue weighted by Gasteiger charge is -2.12. The average Bonchev–Trinajstić information content (AvgIpc) is 3.38. The average molecular weight is 458 g/mol. The van der Waals surface area contributed by atoms with Crippen molar-refractivity contribution < 1.29 is 4.74 Å². The molecule has 0 unspecified atom stereocenters. The zero-order chi connectivity index (χ0) is 24.1. The summed E-state index contributed by atoms with van der Waals surface area (Å²) in [4.78, 5) is 30.3. The standard InChI is InChI=1S/C26H27N5O3/c1-6-34-20-13-9-18(10-14-20)21-15-30-22-23(28(4)26(33)29(5)24(22)32)27-25(30)31(21)19-11-7-17(8-12-19)16(2)3/h7-16H,6H2,1-5H3. The Morgan fingerprint density at radius 3 is 2.24 bits per heavy atom. The molecule has 0 aliphatic heterocycles. The molecular formula is C26H27N5O3. The fraction of sp³-hybridized carbons (Fsp3) is 0.269. The first-order valence-corrected chi connectivity index (χ1v) is 11.3. The SMILES string of the molecule is CCOc1ccc(-c2cn3c4c(=O)n(C)c(=O)n(C)c4nc3n2-c2ccc(C(C)C)cc2)cc1. The van der Waals surface area contributed by atoms with Crippen LogP contribution >= 0.6 is 0 Å². The van der Waals surface area contributed by atoms with Gasteiger partial charge < -0.3 is 4.74 Å². The lowest BCUT2D eigenvalue weighted by atomic mass is 10.0. The molecule has 0 fully saturated rings. The minimum absolute atomic E-state index is 0.355. The Hall–Kier alpha value is -4.07. The van der Waals surface area contributed by atoms with E-state index in [2.05, 4.69) is 38.1 Å². The number of hydrogen-bond acceptors (Lipinski definition) is 4. The van der Waals surface area contributed by atoms with Crippen LogP contribution in [0.2, 0.25) is 0 Å². The summed E-state index contributed by atoms with van der Waals surface area (Å²) in [5.41, 5.74) is 3.92. The van der Waals surface area contributed by atoms with Crippen LogP contribution in [0.3, 0.4) is 0 Å². The molecule has 0 spiro atoms. The topological polar surface area (TPSA) is 75.5 Å². The number of aryl methyl sites for hydroxylation is 1. The molecule has 174 valence electrons. The number of ether oxygens (including phenoxy) is 1. The molecule has 0 saturated carbocycles. The summed E-state index contributed by atoms with van der Waals surface area (Å²) >= 11 is 0. The van der Waals surface area contributed by atoms with E-state index in [1.54, 1.807) is 11.4 Å². The molecule has 34 heavy (non-hydrogen) atoms. The van der Waals surface area contributed by atoms with Gasteiger partial charge in [0, 0.05) is 31.5 Å². The largest absolute Gasteiger partial charge is 0.494 e. The van der Waals surface area contributed by atoms with Gasteiger partial charge in [0.25, 0.3) is 5.56 Å². The van der Waals surface area contributed by atoms with Crippen LogP contribution in [0.1, 0.15) is 32.3 Å². The minimum Gasteiger partial charge on any atom is -0.494 e. The van der Waals surface area contributed by atoms with E-state index in [1.807, 2.05) is 42.0 Å². The smallest absolute Gasteiger partial charge is 0.332 e. The predicted molar refractivity (Wildman–Crippen MR) is 133 cm³/mol. The van der Waals surface area contributed by atoms with Crippen LogP contribution in [0.25, 0.3) is 33.9 Å². The normalized spacial score (nSPS) is 11.7. The Morgan fingerprint density at radius 1 is 0.941 bits per heavy atom. The fourth-order valence-electron chi connectivity index (χ4n) is 4.33. The van der Waals surface area contributed by atoms with Gasteiger partial charge >= 0.3 is 5.69 Å². The second-order valence-electron chi connectivity index (χ2n) is 8.71. The number of fused-ring (bicyclic) bond motifs is 3. The summed E-state index contributed by atoms with van der Waals surface area (Å²) < 4.78 is 11.9. The Kier molecular flexibility index (Phi) is 5.16. The van der Waals surface area contributed by atoms with Gasteiger partial charge in [-0.1, -0.05) is 26.0 Å². The Bertz CT molecular complexity index is 1630. The predicted octanol–water partition coefficient (Wildman–Crippen LogP) is 3.86. The van der Waals surface area contributed by atoms with Crippen LogP contribution in [-0.4, -0.2) is 29.7 Å². The van der Waals surface area contributed by atoms with Gasteiger partial charge in [0.15, 0.2) is 11.2 Å². The quantitative estimate of drug-likeness (QED) is 0.402. The lowest BCUT2D eigenvalue weighted by Crippen LogP contribution is -2.37. The van der Waals surface area contributed by atoms with Gasteiger partial charge in [-0.05, 0) is 54.8 Å². The Balaban J connectivity index is 1.84. The molecule has 0 aliphatic carbocycles. The molecular weight excluding hydrogens is 430 g/mol. The number of nitrogens with zero attached hydrogens (tertiary/aromatic N) is 5. The highest BCUT2D eigenvalue weighted by molar-refractivity contribution is 5.79. The molecule has 5 rings (SSSR count). The van der Waals surface area contributed by atoms with Crippen LogP contribution in [-0.2, 0) is 14.1 Å². The molecule has 3 aromatic heterocycles. The van der Waals surface area contributed by atoms with Crippen LogP contribution in [0.15, 0.2) is 64.3 Å². The van der Waals surface area contributed by atoms with Gasteiger partial charge in [-0.3, -0.25) is 22.9 Å². The molecule has 0 saturated heterocycles. The zero-order valence-electron chi connectivity index (χ0n) is 19.9. The first kappa shape index (κ1) is 21.8. The van der Waals surface area contributed by atoms with Crippen molar-refractivity contribution >= 4 is 16.9 Å². The maximum Gasteiger partial charge on any atom is 0.332 e. The fourth-order valence-corrected chi connectivity index (χ4v) is 4.33. The van der Waals surface area contributed by atoms with Crippen LogP contribution in [0.4, 0.5) is 0 Å². The van der Waals surface area contributed by atoms with Crippen molar-refractivity contribution in [3.8, 4) is 22.7 Å². The van der Waals surface area contributed by atoms with Gasteiger partial charge in [0.2, 0.25) is 5.78 Å². The van der Waals surface area contributed by atoms with Gasteiger partial charge in [-0.15, -0.1) is 0 Å². The van der Waals surface area contributed by atoms with E-state index < -0.39 is 5.69 Å². The molecule has 0 radical (unpaired) electrons. The van der Waals surface area contributed by atoms with E-state index in [9.17, 15) is 9.59 Å². The highest BCUT2D eigenvalue weighted by Crippen LogP contribution is 2.30. The molecule has 0 N–H and O–H groups in total. The number of aromatic nitrogens is 5. The molecule has 8 nitrogen and oxygen atoms in total. The maximum atomic E-state index is 13.1. The number of benzene rings is 2. The summed E-state index contributed by atoms with van der Waals surface area (Å²) in [7, 11) is 3.12. The van der Waals surface area contributed by atoms with E-state index >= 15 is 0 Å². The van der Waals surface area contributed by atoms with Crippen molar-refractivity contribution in [2.75, 3.05) is 6.61 Å². The van der Waals surface area contributed by atoms with Crippen LogP contribution in [0.5, 0.6) is 5.75 Å². The zero-order valence-corrected chi connectivity index (χ0v) is 19.9. The van der Waals surface area contributed by atoms with Crippen molar-refractivity contribution in [1.82, 2.24) is 23.1 Å². The van der Waals surface area contributed by atoms with Crippen molar-refractivity contribution in [3.63, 3.8) is 0 Å². The molecule has 0 bridgehead atoms. The second-order valence-corrected chi connectivity index (χ2v) is 8.71. The summed E-state index contributed by atoms with van der Waals surface area (Å²) in [6, 6.07) is 16.2. The third-order valence-electron chi connectivity index (χ3n) is 6.24. The number of imidazole rings is 2. The highest BCUT2D eigenvalue weighted by Gasteiger charge is 2.21. The van der Waals surface area contributed by atoms with Gasteiger partial charge in [-0.25, -0.2) is 4.79 Å². The van der Waals surface area contributed by atoms with Crippen molar-refractivity contribution in [3.05, 3.63) is 81.1 Å². The third-order valence-corrected chi connectivity index (χ3v) is 6.24. The van der Waals surface area contributed by atoms with Crippen molar-refractivity contribution in [2.24, 2.45) is 14.1 Å². The molecule has 5 aromatic rings. The first-order valence-electron chi connectivity index (χ1n) is 11.3. The van der Waals surface area contributed by atoms with E-state index in [0.717, 1.165) is 27.3 Å². The second kappa shape index (κ2) is 8.06. The van der Waals surface area contributed by atoms with Crippen LogP contribution in [0, 0.1) is 0 Å². The van der Waals surface area contributed by atoms with Crippen LogP contribution < -0.4 is 16.0 Å². The summed E-state index contributed by atoms with van der Waals surface area (Å²) in [6.07, 6.45) is 1.91. The minimum atomic E-state index is -0.405. The maximum absolute atomic E-state index is 13.1. The van der Waals surface area contributed by atoms with E-state index in [4.69, 9.17) is 9.72 Å². The van der Waals surface area contributed by atoms with E-state index in [0.29, 0.717) is 29.5 Å². The summed E-state index contributed by atoms with van der Waals surface area (Å²) in [5, 5.41) is 0. The molecule has 0 amide bonds. The Morgan fingerprint density at radius 2 is 1.62 bits per heavy atom. The lowest BCUT2D eigenvalue weighted by molar-refractivity contribution is 0.340. The first-order chi connectivity index (χ1) is 16.3. The number of rotatable bonds is 5. The molecule has 8 heteroatoms. The summed E-state index contributed by atoms with van der Waals surface area (Å²) in [6.45, 7) is 6.87. The summed E-state index contributed by atoms with van der Waals surface area (Å²) in [5.74, 6) is 1.77. The highest BCUT2D eigenvalue weighted by atomic mass is 16.5. The van der Waals surface area contributed by atoms with Gasteiger partial charge in [-0.2, -0.15) is 4.98 Å². The van der Waals surface area contributed by atoms with Crippen molar-refractivity contribution in [1.29, 1.82) is 0 Å².